The lowest BCUT2D eigenvalue weighted by Gasteiger charge is -2.16. The van der Waals surface area contributed by atoms with E-state index in [1.165, 1.54) is 7.05 Å². The number of hydrogen-bond acceptors (Lipinski definition) is 7. The molecule has 0 aliphatic rings. The van der Waals surface area contributed by atoms with Crippen LogP contribution in [-0.4, -0.2) is 34.7 Å². The van der Waals surface area contributed by atoms with E-state index >= 15 is 0 Å². The summed E-state index contributed by atoms with van der Waals surface area (Å²) in [5.41, 5.74) is 11.9. The van der Waals surface area contributed by atoms with Crippen molar-refractivity contribution in [2.24, 2.45) is 0 Å². The Morgan fingerprint density at radius 1 is 1.05 bits per heavy atom. The molecule has 9 heteroatoms. The summed E-state index contributed by atoms with van der Waals surface area (Å²) < 4.78 is 26.0. The molecule has 0 aliphatic heterocycles. The van der Waals surface area contributed by atoms with Gasteiger partial charge < -0.3 is 11.5 Å². The van der Waals surface area contributed by atoms with Crippen molar-refractivity contribution in [1.29, 1.82) is 0 Å². The molecule has 112 valence electrons. The van der Waals surface area contributed by atoms with Crippen LogP contribution in [0.25, 0.3) is 0 Å². The molecule has 0 radical (unpaired) electrons. The van der Waals surface area contributed by atoms with Crippen molar-refractivity contribution < 1.29 is 8.42 Å². The van der Waals surface area contributed by atoms with E-state index in [9.17, 15) is 8.42 Å². The first kappa shape index (κ1) is 15.1. The first-order valence-electron chi connectivity index (χ1n) is 6.08. The molecule has 1 aromatic carbocycles. The van der Waals surface area contributed by atoms with Crippen LogP contribution in [0.1, 0.15) is 11.4 Å². The molecule has 0 aliphatic carbocycles. The minimum Gasteiger partial charge on any atom is -0.368 e. The Kier molecular flexibility index (Phi) is 4.05. The van der Waals surface area contributed by atoms with Crippen LogP contribution in [0.5, 0.6) is 0 Å². The molecule has 0 fully saturated rings. The van der Waals surface area contributed by atoms with Gasteiger partial charge in [0, 0.05) is 7.05 Å². The monoisotopic (exact) mass is 308 g/mol. The summed E-state index contributed by atoms with van der Waals surface area (Å²) >= 11 is 0. The van der Waals surface area contributed by atoms with E-state index in [2.05, 4.69) is 15.0 Å². The van der Waals surface area contributed by atoms with Crippen LogP contribution in [0.2, 0.25) is 0 Å². The van der Waals surface area contributed by atoms with Gasteiger partial charge in [0.25, 0.3) is 0 Å². The summed E-state index contributed by atoms with van der Waals surface area (Å²) in [7, 11) is -2.19. The highest BCUT2D eigenvalue weighted by Crippen LogP contribution is 2.16. The highest BCUT2D eigenvalue weighted by Gasteiger charge is 2.22. The molecule has 4 N–H and O–H groups in total. The first-order valence-corrected chi connectivity index (χ1v) is 7.52. The number of anilines is 2. The highest BCUT2D eigenvalue weighted by molar-refractivity contribution is 7.89. The molecule has 0 unspecified atom stereocenters. The molecule has 0 saturated carbocycles. The molecule has 1 aromatic heterocycles. The third-order valence-corrected chi connectivity index (χ3v) is 4.63. The van der Waals surface area contributed by atoms with Gasteiger partial charge in [0.2, 0.25) is 21.9 Å². The molecule has 0 amide bonds. The van der Waals surface area contributed by atoms with Crippen molar-refractivity contribution in [2.75, 3.05) is 18.5 Å². The molecular weight excluding hydrogens is 292 g/mol. The van der Waals surface area contributed by atoms with E-state index in [0.717, 1.165) is 9.87 Å². The molecule has 8 nitrogen and oxygen atoms in total. The van der Waals surface area contributed by atoms with Crippen molar-refractivity contribution in [3.8, 4) is 0 Å². The summed E-state index contributed by atoms with van der Waals surface area (Å²) in [5, 5.41) is 0. The Morgan fingerprint density at radius 2 is 1.57 bits per heavy atom. The number of aromatic nitrogens is 3. The normalized spacial score (nSPS) is 11.8. The zero-order valence-electron chi connectivity index (χ0n) is 11.7. The summed E-state index contributed by atoms with van der Waals surface area (Å²) in [6.07, 6.45) is 0. The number of nitrogen functional groups attached to an aromatic ring is 2. The maximum atomic E-state index is 12.4. The fourth-order valence-corrected chi connectivity index (χ4v) is 2.83. The molecular formula is C12H16N6O2S. The molecule has 0 spiro atoms. The summed E-state index contributed by atoms with van der Waals surface area (Å²) in [6.45, 7) is 1.84. The van der Waals surface area contributed by atoms with Crippen molar-refractivity contribution in [3.05, 3.63) is 35.7 Å². The smallest absolute Gasteiger partial charge is 0.243 e. The third kappa shape index (κ3) is 3.44. The van der Waals surface area contributed by atoms with Crippen LogP contribution in [0.4, 0.5) is 11.9 Å². The maximum Gasteiger partial charge on any atom is 0.243 e. The first-order chi connectivity index (χ1) is 9.79. The van der Waals surface area contributed by atoms with Crippen molar-refractivity contribution >= 4 is 21.9 Å². The molecule has 0 atom stereocenters. The van der Waals surface area contributed by atoms with Gasteiger partial charge in [0.1, 0.15) is 0 Å². The topological polar surface area (TPSA) is 128 Å². The van der Waals surface area contributed by atoms with Gasteiger partial charge in [-0.05, 0) is 19.1 Å². The lowest BCUT2D eigenvalue weighted by Crippen LogP contribution is -2.27. The van der Waals surface area contributed by atoms with Gasteiger partial charge in [-0.1, -0.05) is 17.7 Å². The fourth-order valence-electron chi connectivity index (χ4n) is 1.70. The van der Waals surface area contributed by atoms with Crippen molar-refractivity contribution in [1.82, 2.24) is 19.3 Å². The Hall–Kier alpha value is -2.26. The Balaban J connectivity index is 2.26. The van der Waals surface area contributed by atoms with Crippen LogP contribution in [-0.2, 0) is 16.6 Å². The van der Waals surface area contributed by atoms with Gasteiger partial charge in [-0.25, -0.2) is 8.42 Å². The van der Waals surface area contributed by atoms with Gasteiger partial charge in [-0.15, -0.1) is 0 Å². The van der Waals surface area contributed by atoms with Gasteiger partial charge in [-0.2, -0.15) is 19.3 Å². The van der Waals surface area contributed by atoms with E-state index in [1.807, 2.05) is 6.92 Å². The summed E-state index contributed by atoms with van der Waals surface area (Å²) in [4.78, 5) is 11.6. The van der Waals surface area contributed by atoms with Crippen LogP contribution in [0.15, 0.2) is 29.2 Å². The van der Waals surface area contributed by atoms with E-state index < -0.39 is 10.0 Å². The quantitative estimate of drug-likeness (QED) is 0.823. The van der Waals surface area contributed by atoms with E-state index in [4.69, 9.17) is 11.5 Å². The molecule has 0 saturated heterocycles. The number of rotatable bonds is 4. The van der Waals surface area contributed by atoms with E-state index in [0.29, 0.717) is 0 Å². The fraction of sp³-hybridized carbons (Fsp3) is 0.250. The number of aryl methyl sites for hydroxylation is 1. The Morgan fingerprint density at radius 3 is 2.10 bits per heavy atom. The molecule has 2 rings (SSSR count). The number of nitrogens with two attached hydrogens (primary N) is 2. The minimum atomic E-state index is -3.63. The van der Waals surface area contributed by atoms with Crippen LogP contribution in [0.3, 0.4) is 0 Å². The number of nitrogens with zero attached hydrogens (tertiary/aromatic N) is 4. The standard InChI is InChI=1S/C12H16N6O2S/c1-8-3-5-9(6-4-8)21(19,20)18(2)7-10-15-11(13)17-12(14)16-10/h3-6H,7H2,1-2H3,(H4,13,14,15,16,17). The second-order valence-corrected chi connectivity index (χ2v) is 6.59. The molecule has 21 heavy (non-hydrogen) atoms. The zero-order chi connectivity index (χ0) is 15.6. The predicted octanol–water partition coefficient (Wildman–Crippen LogP) is 0.165. The lowest BCUT2D eigenvalue weighted by atomic mass is 10.2. The SMILES string of the molecule is Cc1ccc(S(=O)(=O)N(C)Cc2nc(N)nc(N)n2)cc1. The summed E-state index contributed by atoms with van der Waals surface area (Å²) in [5.74, 6) is 0.107. The largest absolute Gasteiger partial charge is 0.368 e. The zero-order valence-corrected chi connectivity index (χ0v) is 12.5. The minimum absolute atomic E-state index is 0.0429. The maximum absolute atomic E-state index is 12.4. The third-order valence-electron chi connectivity index (χ3n) is 2.81. The van der Waals surface area contributed by atoms with Crippen LogP contribution in [0, 0.1) is 6.92 Å². The average Bonchev–Trinajstić information content (AvgIpc) is 2.37. The number of benzene rings is 1. The lowest BCUT2D eigenvalue weighted by molar-refractivity contribution is 0.456. The second-order valence-electron chi connectivity index (χ2n) is 4.54. The summed E-state index contributed by atoms with van der Waals surface area (Å²) in [6, 6.07) is 6.58. The Bertz CT molecular complexity index is 725. The average molecular weight is 308 g/mol. The van der Waals surface area contributed by atoms with E-state index in [1.54, 1.807) is 24.3 Å². The number of sulfonamides is 1. The van der Waals surface area contributed by atoms with Crippen molar-refractivity contribution in [3.63, 3.8) is 0 Å². The molecule has 1 heterocycles. The Labute approximate surface area is 122 Å². The van der Waals surface area contributed by atoms with Crippen LogP contribution < -0.4 is 11.5 Å². The van der Waals surface area contributed by atoms with Crippen LogP contribution >= 0.6 is 0 Å². The molecule has 0 bridgehead atoms. The van der Waals surface area contributed by atoms with Gasteiger partial charge in [-0.3, -0.25) is 0 Å². The predicted molar refractivity (Wildman–Crippen MR) is 78.5 cm³/mol. The van der Waals surface area contributed by atoms with E-state index in [-0.39, 0.29) is 29.2 Å². The van der Waals surface area contributed by atoms with Crippen molar-refractivity contribution in [2.45, 2.75) is 18.4 Å². The number of hydrogen-bond donors (Lipinski definition) is 2. The highest BCUT2D eigenvalue weighted by atomic mass is 32.2. The van der Waals surface area contributed by atoms with Gasteiger partial charge in [0.05, 0.1) is 11.4 Å². The second kappa shape index (κ2) is 5.62. The molecule has 2 aromatic rings. The van der Waals surface area contributed by atoms with Gasteiger partial charge in [0.15, 0.2) is 5.82 Å². The van der Waals surface area contributed by atoms with Gasteiger partial charge >= 0.3 is 0 Å².